The third-order valence-electron chi connectivity index (χ3n) is 4.79. The van der Waals surface area contributed by atoms with Crippen molar-refractivity contribution in [3.8, 4) is 33.8 Å². The average molecular weight is 575 g/mol. The summed E-state index contributed by atoms with van der Waals surface area (Å²) in [5.74, 6) is 0. The van der Waals surface area contributed by atoms with Crippen molar-refractivity contribution in [1.29, 1.82) is 0 Å². The van der Waals surface area contributed by atoms with Crippen LogP contribution >= 0.6 is 0 Å². The summed E-state index contributed by atoms with van der Waals surface area (Å²) in [4.78, 5) is 12.4. The SMILES string of the molecule is CC(C)(C)c1ccc(-c2cc(-c3ccc(-c4[c-]cccc4)nc3)nc(F)n2)cc1.[Ir]. The van der Waals surface area contributed by atoms with Gasteiger partial charge in [0.25, 0.3) is 0 Å². The van der Waals surface area contributed by atoms with Gasteiger partial charge in [-0.15, -0.1) is 35.9 Å². The average Bonchev–Trinajstić information content (AvgIpc) is 2.73. The summed E-state index contributed by atoms with van der Waals surface area (Å²) in [6, 6.07) is 24.4. The summed E-state index contributed by atoms with van der Waals surface area (Å²) >= 11 is 0. The molecule has 2 aromatic heterocycles. The van der Waals surface area contributed by atoms with E-state index in [1.165, 1.54) is 5.56 Å². The minimum absolute atomic E-state index is 0. The topological polar surface area (TPSA) is 38.7 Å². The molecule has 2 heterocycles. The number of halogens is 1. The smallest absolute Gasteiger partial charge is 0.304 e. The van der Waals surface area contributed by atoms with Crippen LogP contribution in [0.1, 0.15) is 26.3 Å². The molecule has 4 rings (SSSR count). The Morgan fingerprint density at radius 1 is 0.800 bits per heavy atom. The molecule has 0 saturated carbocycles. The van der Waals surface area contributed by atoms with E-state index < -0.39 is 6.08 Å². The van der Waals surface area contributed by atoms with E-state index in [2.05, 4.69) is 53.9 Å². The maximum Gasteiger partial charge on any atom is 0.309 e. The fourth-order valence-electron chi connectivity index (χ4n) is 3.11. The Hall–Kier alpha value is -2.75. The van der Waals surface area contributed by atoms with E-state index in [9.17, 15) is 4.39 Å². The quantitative estimate of drug-likeness (QED) is 0.219. The van der Waals surface area contributed by atoms with Crippen LogP contribution in [0.25, 0.3) is 33.8 Å². The van der Waals surface area contributed by atoms with E-state index in [0.717, 1.165) is 22.4 Å². The van der Waals surface area contributed by atoms with E-state index >= 15 is 0 Å². The van der Waals surface area contributed by atoms with Crippen LogP contribution in [0.15, 0.2) is 72.9 Å². The minimum atomic E-state index is -0.752. The molecule has 0 aliphatic carbocycles. The summed E-state index contributed by atoms with van der Waals surface area (Å²) in [7, 11) is 0. The second-order valence-corrected chi connectivity index (χ2v) is 7.94. The van der Waals surface area contributed by atoms with Crippen molar-refractivity contribution in [3.05, 3.63) is 90.6 Å². The Labute approximate surface area is 189 Å². The fourth-order valence-corrected chi connectivity index (χ4v) is 3.11. The summed E-state index contributed by atoms with van der Waals surface area (Å²) in [6.07, 6.45) is 0.947. The van der Waals surface area contributed by atoms with E-state index in [0.29, 0.717) is 11.4 Å². The predicted molar refractivity (Wildman–Crippen MR) is 114 cm³/mol. The normalized spacial score (nSPS) is 11.1. The van der Waals surface area contributed by atoms with E-state index in [-0.39, 0.29) is 25.5 Å². The molecule has 0 unspecified atom stereocenters. The van der Waals surface area contributed by atoms with E-state index in [1.807, 2.05) is 48.5 Å². The van der Waals surface area contributed by atoms with Crippen molar-refractivity contribution in [2.45, 2.75) is 26.2 Å². The largest absolute Gasteiger partial charge is 0.309 e. The molecule has 1 radical (unpaired) electrons. The maximum atomic E-state index is 14.2. The molecule has 0 saturated heterocycles. The number of aromatic nitrogens is 3. The van der Waals surface area contributed by atoms with Crippen molar-refractivity contribution < 1.29 is 24.5 Å². The number of nitrogens with zero attached hydrogens (tertiary/aromatic N) is 3. The molecule has 0 atom stereocenters. The van der Waals surface area contributed by atoms with Crippen molar-refractivity contribution >= 4 is 0 Å². The zero-order chi connectivity index (χ0) is 20.4. The van der Waals surface area contributed by atoms with Crippen LogP contribution < -0.4 is 0 Å². The van der Waals surface area contributed by atoms with Gasteiger partial charge in [0.2, 0.25) is 0 Å². The van der Waals surface area contributed by atoms with Gasteiger partial charge in [-0.1, -0.05) is 57.2 Å². The minimum Gasteiger partial charge on any atom is -0.304 e. The Balaban J connectivity index is 0.00000256. The Morgan fingerprint density at radius 2 is 1.47 bits per heavy atom. The van der Waals surface area contributed by atoms with Crippen LogP contribution in [0.5, 0.6) is 0 Å². The van der Waals surface area contributed by atoms with E-state index in [1.54, 1.807) is 12.3 Å². The predicted octanol–water partition coefficient (Wildman–Crippen LogP) is 6.11. The molecule has 0 aliphatic heterocycles. The first-order chi connectivity index (χ1) is 13.9. The van der Waals surface area contributed by atoms with Gasteiger partial charge in [-0.25, -0.2) is 9.97 Å². The molecule has 2 aromatic carbocycles. The molecule has 153 valence electrons. The zero-order valence-electron chi connectivity index (χ0n) is 17.0. The van der Waals surface area contributed by atoms with Gasteiger partial charge in [0.05, 0.1) is 11.4 Å². The van der Waals surface area contributed by atoms with Gasteiger partial charge in [-0.3, -0.25) is 0 Å². The molecule has 0 amide bonds. The van der Waals surface area contributed by atoms with Gasteiger partial charge in [0.15, 0.2) is 0 Å². The molecule has 0 spiro atoms. The fraction of sp³-hybridized carbons (Fsp3) is 0.160. The van der Waals surface area contributed by atoms with Crippen molar-refractivity contribution in [1.82, 2.24) is 15.0 Å². The Kier molecular flexibility index (Phi) is 6.54. The first-order valence-electron chi connectivity index (χ1n) is 9.49. The standard InChI is InChI=1S/C25H21FN3.Ir/c1-25(2,3)20-12-9-18(10-13-20)22-15-23(29-24(26)28-22)19-11-14-21(27-16-19)17-7-5-4-6-8-17;/h4-7,9-16H,1-3H3;/q-1;. The summed E-state index contributed by atoms with van der Waals surface area (Å²) in [5.41, 5.74) is 5.63. The number of hydrogen-bond donors (Lipinski definition) is 0. The first kappa shape index (κ1) is 21.9. The van der Waals surface area contributed by atoms with Crippen molar-refractivity contribution in [2.75, 3.05) is 0 Å². The van der Waals surface area contributed by atoms with Crippen LogP contribution in [0.3, 0.4) is 0 Å². The van der Waals surface area contributed by atoms with Gasteiger partial charge in [0.1, 0.15) is 0 Å². The van der Waals surface area contributed by atoms with Gasteiger partial charge in [-0.2, -0.15) is 4.39 Å². The van der Waals surface area contributed by atoms with Crippen molar-refractivity contribution in [2.24, 2.45) is 0 Å². The van der Waals surface area contributed by atoms with Gasteiger partial charge < -0.3 is 4.98 Å². The molecule has 0 bridgehead atoms. The molecular weight excluding hydrogens is 554 g/mol. The Bertz CT molecular complexity index is 1120. The summed E-state index contributed by atoms with van der Waals surface area (Å²) < 4.78 is 14.2. The third kappa shape index (κ3) is 4.86. The molecule has 3 nitrogen and oxygen atoms in total. The van der Waals surface area contributed by atoms with Crippen LogP contribution in [-0.2, 0) is 25.5 Å². The van der Waals surface area contributed by atoms with Gasteiger partial charge >= 0.3 is 6.08 Å². The monoisotopic (exact) mass is 575 g/mol. The molecule has 4 aromatic rings. The number of hydrogen-bond acceptors (Lipinski definition) is 3. The molecule has 5 heteroatoms. The second-order valence-electron chi connectivity index (χ2n) is 7.94. The van der Waals surface area contributed by atoms with Crippen LogP contribution in [0.2, 0.25) is 0 Å². The molecule has 0 aliphatic rings. The van der Waals surface area contributed by atoms with Gasteiger partial charge in [0, 0.05) is 37.4 Å². The molecule has 0 N–H and O–H groups in total. The number of rotatable bonds is 3. The van der Waals surface area contributed by atoms with Crippen LogP contribution in [-0.4, -0.2) is 15.0 Å². The summed E-state index contributed by atoms with van der Waals surface area (Å²) in [5, 5.41) is 0. The first-order valence-corrected chi connectivity index (χ1v) is 9.49. The van der Waals surface area contributed by atoms with E-state index in [4.69, 9.17) is 0 Å². The zero-order valence-corrected chi connectivity index (χ0v) is 19.4. The number of pyridine rings is 1. The number of benzene rings is 2. The van der Waals surface area contributed by atoms with Crippen LogP contribution in [0, 0.1) is 12.1 Å². The molecule has 30 heavy (non-hydrogen) atoms. The second kappa shape index (κ2) is 8.95. The third-order valence-corrected chi connectivity index (χ3v) is 4.79. The Morgan fingerprint density at radius 3 is 2.03 bits per heavy atom. The maximum absolute atomic E-state index is 14.2. The van der Waals surface area contributed by atoms with Crippen LogP contribution in [0.4, 0.5) is 4.39 Å². The molecular formula is C25H21FIrN3-. The van der Waals surface area contributed by atoms with Gasteiger partial charge in [-0.05, 0) is 22.7 Å². The molecule has 0 fully saturated rings. The van der Waals surface area contributed by atoms with Crippen molar-refractivity contribution in [3.63, 3.8) is 0 Å². The summed E-state index contributed by atoms with van der Waals surface area (Å²) in [6.45, 7) is 6.48.